The van der Waals surface area contributed by atoms with E-state index in [2.05, 4.69) is 22.8 Å². The van der Waals surface area contributed by atoms with Gasteiger partial charge in [0, 0.05) is 30.6 Å². The second-order valence-corrected chi connectivity index (χ2v) is 7.16. The highest BCUT2D eigenvalue weighted by Gasteiger charge is 2.32. The minimum absolute atomic E-state index is 0.531. The molecule has 1 saturated carbocycles. The molecule has 2 aromatic heterocycles. The Morgan fingerprint density at radius 3 is 2.86 bits per heavy atom. The Hall–Kier alpha value is -0.680. The summed E-state index contributed by atoms with van der Waals surface area (Å²) in [7, 11) is 2.03. The average Bonchev–Trinajstić information content (AvgIpc) is 3.14. The molecule has 1 fully saturated rings. The second kappa shape index (κ2) is 6.21. The molecule has 116 valence electrons. The minimum atomic E-state index is 0.531. The lowest BCUT2D eigenvalue weighted by Gasteiger charge is -2.22. The fraction of sp³-hybridized carbons (Fsp3) is 0.733. The maximum Gasteiger partial charge on any atom is 0.158 e. The van der Waals surface area contributed by atoms with E-state index in [1.807, 2.05) is 23.5 Å². The van der Waals surface area contributed by atoms with Crippen LogP contribution >= 0.6 is 23.4 Å². The van der Waals surface area contributed by atoms with E-state index in [4.69, 9.17) is 16.6 Å². The van der Waals surface area contributed by atoms with E-state index in [9.17, 15) is 0 Å². The van der Waals surface area contributed by atoms with Crippen LogP contribution in [-0.2, 0) is 19.9 Å². The van der Waals surface area contributed by atoms with Crippen LogP contribution in [0.1, 0.15) is 43.7 Å². The van der Waals surface area contributed by atoms with Gasteiger partial charge in [-0.05, 0) is 25.5 Å². The highest BCUT2D eigenvalue weighted by atomic mass is 35.5. The SMILES string of the molecule is CCc1nn(C)c2c1nc(CCCl)n2C1CCCC1SC. The first-order chi connectivity index (χ1) is 10.2. The predicted octanol–water partition coefficient (Wildman–Crippen LogP) is 3.57. The smallest absolute Gasteiger partial charge is 0.158 e. The van der Waals surface area contributed by atoms with Gasteiger partial charge in [-0.15, -0.1) is 11.6 Å². The second-order valence-electron chi connectivity index (χ2n) is 5.71. The molecule has 0 aliphatic heterocycles. The molecule has 2 atom stereocenters. The van der Waals surface area contributed by atoms with E-state index in [1.54, 1.807) is 0 Å². The first kappa shape index (κ1) is 15.2. The monoisotopic (exact) mass is 326 g/mol. The van der Waals surface area contributed by atoms with Crippen molar-refractivity contribution in [1.82, 2.24) is 19.3 Å². The standard InChI is InChI=1S/C15H23ClN4S/c1-4-10-14-15(19(2)18-10)20(13(17-14)8-9-16)11-6-5-7-12(11)21-3/h11-12H,4-9H2,1-3H3. The Labute approximate surface area is 135 Å². The van der Waals surface area contributed by atoms with E-state index in [-0.39, 0.29) is 0 Å². The molecule has 2 aromatic rings. The largest absolute Gasteiger partial charge is 0.309 e. The highest BCUT2D eigenvalue weighted by Crippen LogP contribution is 2.40. The molecule has 1 aliphatic rings. The predicted molar refractivity (Wildman–Crippen MR) is 90.5 cm³/mol. The third-order valence-corrected chi connectivity index (χ3v) is 5.86. The van der Waals surface area contributed by atoms with Crippen LogP contribution in [0.3, 0.4) is 0 Å². The van der Waals surface area contributed by atoms with Crippen molar-refractivity contribution in [2.75, 3.05) is 12.1 Å². The zero-order valence-corrected chi connectivity index (χ0v) is 14.5. The summed E-state index contributed by atoms with van der Waals surface area (Å²) in [5, 5.41) is 5.32. The van der Waals surface area contributed by atoms with Crippen molar-refractivity contribution >= 4 is 34.5 Å². The van der Waals surface area contributed by atoms with Gasteiger partial charge in [0.25, 0.3) is 0 Å². The van der Waals surface area contributed by atoms with Crippen LogP contribution in [0.25, 0.3) is 11.2 Å². The number of nitrogens with zero attached hydrogens (tertiary/aromatic N) is 4. The number of thioether (sulfide) groups is 1. The number of rotatable bonds is 5. The molecule has 0 saturated heterocycles. The summed E-state index contributed by atoms with van der Waals surface area (Å²) < 4.78 is 4.45. The van der Waals surface area contributed by atoms with Gasteiger partial charge in [0.15, 0.2) is 5.65 Å². The lowest BCUT2D eigenvalue weighted by Crippen LogP contribution is -2.20. The van der Waals surface area contributed by atoms with Gasteiger partial charge in [0.1, 0.15) is 11.3 Å². The quantitative estimate of drug-likeness (QED) is 0.788. The molecular weight excluding hydrogens is 304 g/mol. The number of aromatic nitrogens is 4. The molecule has 0 amide bonds. The van der Waals surface area contributed by atoms with Gasteiger partial charge in [-0.25, -0.2) is 4.98 Å². The molecule has 1 aliphatic carbocycles. The lowest BCUT2D eigenvalue weighted by atomic mass is 10.2. The average molecular weight is 327 g/mol. The van der Waals surface area contributed by atoms with E-state index in [1.165, 1.54) is 24.9 Å². The molecule has 0 radical (unpaired) electrons. The van der Waals surface area contributed by atoms with Crippen LogP contribution in [0.2, 0.25) is 0 Å². The Bertz CT molecular complexity index is 633. The fourth-order valence-corrected chi connectivity index (χ4v) is 4.72. The number of aryl methyl sites for hydroxylation is 3. The Morgan fingerprint density at radius 2 is 2.19 bits per heavy atom. The molecule has 0 aromatic carbocycles. The third-order valence-electron chi connectivity index (χ3n) is 4.51. The van der Waals surface area contributed by atoms with Crippen molar-refractivity contribution in [1.29, 1.82) is 0 Å². The van der Waals surface area contributed by atoms with Crippen molar-refractivity contribution in [3.63, 3.8) is 0 Å². The van der Waals surface area contributed by atoms with E-state index < -0.39 is 0 Å². The molecule has 3 rings (SSSR count). The van der Waals surface area contributed by atoms with Crippen LogP contribution in [-0.4, -0.2) is 36.7 Å². The maximum absolute atomic E-state index is 6.01. The third kappa shape index (κ3) is 2.48. The number of alkyl halides is 1. The highest BCUT2D eigenvalue weighted by molar-refractivity contribution is 7.99. The summed E-state index contributed by atoms with van der Waals surface area (Å²) >= 11 is 7.99. The zero-order chi connectivity index (χ0) is 15.0. The van der Waals surface area contributed by atoms with Crippen molar-refractivity contribution in [2.24, 2.45) is 7.05 Å². The van der Waals surface area contributed by atoms with E-state index in [0.717, 1.165) is 29.9 Å². The summed E-state index contributed by atoms with van der Waals surface area (Å²) in [6.07, 6.45) is 7.80. The van der Waals surface area contributed by atoms with Gasteiger partial charge in [-0.3, -0.25) is 4.68 Å². The first-order valence-electron chi connectivity index (χ1n) is 7.72. The molecule has 0 spiro atoms. The summed E-state index contributed by atoms with van der Waals surface area (Å²) in [4.78, 5) is 4.89. The fourth-order valence-electron chi connectivity index (χ4n) is 3.57. The van der Waals surface area contributed by atoms with Gasteiger partial charge in [0.05, 0.1) is 5.69 Å². The Morgan fingerprint density at radius 1 is 1.38 bits per heavy atom. The number of hydrogen-bond donors (Lipinski definition) is 0. The lowest BCUT2D eigenvalue weighted by molar-refractivity contribution is 0.510. The molecule has 21 heavy (non-hydrogen) atoms. The number of imidazole rings is 1. The molecule has 2 unspecified atom stereocenters. The zero-order valence-electron chi connectivity index (χ0n) is 13.0. The molecular formula is C15H23ClN4S. The number of halogens is 1. The van der Waals surface area contributed by atoms with Crippen LogP contribution < -0.4 is 0 Å². The summed E-state index contributed by atoms with van der Waals surface area (Å²) in [6.45, 7) is 2.14. The van der Waals surface area contributed by atoms with E-state index >= 15 is 0 Å². The molecule has 6 heteroatoms. The van der Waals surface area contributed by atoms with Gasteiger partial charge in [0.2, 0.25) is 0 Å². The van der Waals surface area contributed by atoms with Crippen molar-refractivity contribution < 1.29 is 0 Å². The van der Waals surface area contributed by atoms with Crippen molar-refractivity contribution in [3.8, 4) is 0 Å². The van der Waals surface area contributed by atoms with Crippen molar-refractivity contribution in [3.05, 3.63) is 11.5 Å². The van der Waals surface area contributed by atoms with Gasteiger partial charge < -0.3 is 4.57 Å². The van der Waals surface area contributed by atoms with Crippen LogP contribution in [0.15, 0.2) is 0 Å². The normalized spacial score (nSPS) is 22.5. The van der Waals surface area contributed by atoms with Crippen molar-refractivity contribution in [2.45, 2.75) is 50.3 Å². The molecule has 0 N–H and O–H groups in total. The molecule has 4 nitrogen and oxygen atoms in total. The maximum atomic E-state index is 6.01. The summed E-state index contributed by atoms with van der Waals surface area (Å²) in [6, 6.07) is 0.531. The molecule has 2 heterocycles. The Balaban J connectivity index is 2.18. The van der Waals surface area contributed by atoms with E-state index in [0.29, 0.717) is 17.2 Å². The van der Waals surface area contributed by atoms with Crippen LogP contribution in [0.4, 0.5) is 0 Å². The van der Waals surface area contributed by atoms with Crippen LogP contribution in [0.5, 0.6) is 0 Å². The van der Waals surface area contributed by atoms with Crippen LogP contribution in [0, 0.1) is 0 Å². The summed E-state index contributed by atoms with van der Waals surface area (Å²) in [5.74, 6) is 1.75. The number of hydrogen-bond acceptors (Lipinski definition) is 3. The Kier molecular flexibility index (Phi) is 4.50. The molecule has 0 bridgehead atoms. The van der Waals surface area contributed by atoms with Gasteiger partial charge in [-0.1, -0.05) is 13.3 Å². The topological polar surface area (TPSA) is 35.6 Å². The number of fused-ring (bicyclic) bond motifs is 1. The first-order valence-corrected chi connectivity index (χ1v) is 9.54. The summed E-state index contributed by atoms with van der Waals surface area (Å²) in [5.41, 5.74) is 3.35. The minimum Gasteiger partial charge on any atom is -0.309 e. The van der Waals surface area contributed by atoms with Gasteiger partial charge in [-0.2, -0.15) is 16.9 Å². The van der Waals surface area contributed by atoms with Gasteiger partial charge >= 0.3 is 0 Å².